The predicted molar refractivity (Wildman–Crippen MR) is 76.6 cm³/mol. The maximum absolute atomic E-state index is 5.13. The summed E-state index contributed by atoms with van der Waals surface area (Å²) in [4.78, 5) is 8.92. The molecule has 18 heavy (non-hydrogen) atoms. The smallest absolute Gasteiger partial charge is 0.184 e. The van der Waals surface area contributed by atoms with E-state index in [9.17, 15) is 0 Å². The Morgan fingerprint density at radius 2 is 2.17 bits per heavy atom. The first-order valence-corrected chi connectivity index (χ1v) is 6.12. The molecule has 5 heteroatoms. The third-order valence-corrected chi connectivity index (χ3v) is 3.39. The van der Waals surface area contributed by atoms with Gasteiger partial charge in [-0.25, -0.2) is 10.4 Å². The van der Waals surface area contributed by atoms with Crippen molar-refractivity contribution in [3.8, 4) is 0 Å². The van der Waals surface area contributed by atoms with Gasteiger partial charge >= 0.3 is 0 Å². The molecule has 90 valence electrons. The number of nitrogens with one attached hydrogen (secondary N) is 2. The van der Waals surface area contributed by atoms with E-state index in [4.69, 9.17) is 12.2 Å². The molecule has 0 radical (unpaired) electrons. The lowest BCUT2D eigenvalue weighted by Gasteiger charge is -2.23. The van der Waals surface area contributed by atoms with Gasteiger partial charge in [-0.1, -0.05) is 30.4 Å². The fourth-order valence-corrected chi connectivity index (χ4v) is 2.40. The van der Waals surface area contributed by atoms with Crippen LogP contribution in [-0.4, -0.2) is 16.7 Å². The molecular weight excluding hydrogens is 244 g/mol. The lowest BCUT2D eigenvalue weighted by Crippen LogP contribution is -2.43. The number of pyridine rings is 1. The van der Waals surface area contributed by atoms with Gasteiger partial charge in [-0.05, 0) is 19.1 Å². The van der Waals surface area contributed by atoms with Crippen molar-refractivity contribution < 1.29 is 0 Å². The molecule has 2 N–H and O–H groups in total. The molecule has 0 saturated carbocycles. The number of fused-ring (bicyclic) bond motifs is 1. The maximum atomic E-state index is 5.13. The van der Waals surface area contributed by atoms with Crippen molar-refractivity contribution in [2.45, 2.75) is 12.6 Å². The van der Waals surface area contributed by atoms with E-state index in [0.29, 0.717) is 0 Å². The predicted octanol–water partition coefficient (Wildman–Crippen LogP) is 1.83. The number of hydrazine groups is 1. The van der Waals surface area contributed by atoms with Crippen LogP contribution in [0.2, 0.25) is 0 Å². The Bertz CT molecular complexity index is 652. The maximum Gasteiger partial charge on any atom is 0.184 e. The van der Waals surface area contributed by atoms with Crippen LogP contribution in [0.25, 0.3) is 10.9 Å². The summed E-state index contributed by atoms with van der Waals surface area (Å²) >= 11 is 5.13. The van der Waals surface area contributed by atoms with Gasteiger partial charge < -0.3 is 5.43 Å². The zero-order chi connectivity index (χ0) is 12.6. The van der Waals surface area contributed by atoms with Crippen molar-refractivity contribution in [1.82, 2.24) is 15.8 Å². The summed E-state index contributed by atoms with van der Waals surface area (Å²) in [6.45, 7) is 1.98. The Morgan fingerprint density at radius 3 is 2.89 bits per heavy atom. The minimum atomic E-state index is -0.689. The zero-order valence-corrected chi connectivity index (χ0v) is 10.7. The number of aromatic nitrogens is 1. The Morgan fingerprint density at radius 1 is 1.28 bits per heavy atom. The van der Waals surface area contributed by atoms with Gasteiger partial charge in [-0.3, -0.25) is 4.98 Å². The van der Waals surface area contributed by atoms with Crippen molar-refractivity contribution in [3.63, 3.8) is 0 Å². The number of rotatable bonds is 2. The first-order valence-electron chi connectivity index (χ1n) is 5.65. The van der Waals surface area contributed by atoms with Crippen molar-refractivity contribution >= 4 is 34.8 Å². The Balaban J connectivity index is 2.29. The van der Waals surface area contributed by atoms with E-state index in [1.165, 1.54) is 0 Å². The molecule has 0 spiro atoms. The van der Waals surface area contributed by atoms with Crippen molar-refractivity contribution in [3.05, 3.63) is 41.6 Å². The number of nitrogens with zero attached hydrogens (tertiary/aromatic N) is 2. The Hall–Kier alpha value is -1.85. The van der Waals surface area contributed by atoms with Crippen LogP contribution in [0.1, 0.15) is 11.3 Å². The molecule has 1 aliphatic rings. The number of aliphatic imine (C=N–C) groups is 1. The molecule has 0 saturated heterocycles. The number of hydrogen-bond donors (Lipinski definition) is 2. The summed E-state index contributed by atoms with van der Waals surface area (Å²) in [7, 11) is 0. The first kappa shape index (κ1) is 11.3. The molecule has 0 bridgehead atoms. The highest BCUT2D eigenvalue weighted by Gasteiger charge is 2.32. The zero-order valence-electron chi connectivity index (χ0n) is 9.84. The highest BCUT2D eigenvalue weighted by molar-refractivity contribution is 7.79. The highest BCUT2D eigenvalue weighted by Crippen LogP contribution is 2.29. The van der Waals surface area contributed by atoms with Crippen LogP contribution < -0.4 is 10.9 Å². The number of thiocarbonyl (C=S) groups is 1. The van der Waals surface area contributed by atoms with Gasteiger partial charge in [0.15, 0.2) is 5.66 Å². The summed E-state index contributed by atoms with van der Waals surface area (Å²) in [6.07, 6.45) is 1.61. The molecule has 1 atom stereocenters. The highest BCUT2D eigenvalue weighted by atomic mass is 32.1. The largest absolute Gasteiger partial charge is 0.309 e. The SMILES string of the molecule is Cc1ccc2c(C3(C=S)N=CNN3)cccc2n1. The number of benzene rings is 1. The molecule has 1 aromatic carbocycles. The molecule has 0 fully saturated rings. The summed E-state index contributed by atoms with van der Waals surface area (Å²) in [5, 5.41) is 2.68. The Labute approximate surface area is 110 Å². The quantitative estimate of drug-likeness (QED) is 0.805. The number of hydrogen-bond acceptors (Lipinski definition) is 5. The van der Waals surface area contributed by atoms with E-state index in [2.05, 4.69) is 26.9 Å². The molecule has 0 amide bonds. The van der Waals surface area contributed by atoms with E-state index >= 15 is 0 Å². The van der Waals surface area contributed by atoms with E-state index in [0.717, 1.165) is 22.2 Å². The molecule has 2 aromatic rings. The molecule has 2 heterocycles. The van der Waals surface area contributed by atoms with E-state index in [1.54, 1.807) is 11.7 Å². The molecule has 1 aromatic heterocycles. The van der Waals surface area contributed by atoms with Crippen molar-refractivity contribution in [2.75, 3.05) is 0 Å². The summed E-state index contributed by atoms with van der Waals surface area (Å²) in [5.41, 5.74) is 8.23. The van der Waals surface area contributed by atoms with Crippen LogP contribution in [0.3, 0.4) is 0 Å². The third kappa shape index (κ3) is 1.60. The fourth-order valence-electron chi connectivity index (χ4n) is 2.16. The monoisotopic (exact) mass is 256 g/mol. The average Bonchev–Trinajstić information content (AvgIpc) is 2.87. The molecule has 1 unspecified atom stereocenters. The number of aryl methyl sites for hydroxylation is 1. The Kier molecular flexibility index (Phi) is 2.57. The van der Waals surface area contributed by atoms with Crippen molar-refractivity contribution in [1.29, 1.82) is 0 Å². The molecule has 1 aliphatic heterocycles. The van der Waals surface area contributed by atoms with E-state index in [-0.39, 0.29) is 0 Å². The van der Waals surface area contributed by atoms with Gasteiger partial charge in [0.2, 0.25) is 0 Å². The fraction of sp³-hybridized carbons (Fsp3) is 0.154. The van der Waals surface area contributed by atoms with Gasteiger partial charge in [0.1, 0.15) is 0 Å². The van der Waals surface area contributed by atoms with Gasteiger partial charge in [-0.15, -0.1) is 0 Å². The standard InChI is InChI=1S/C13H12N4S/c1-9-5-6-10-11(3-2-4-12(10)16-9)13(7-18)14-8-15-17-13/h2-8,17H,1H3,(H,14,15). The lowest BCUT2D eigenvalue weighted by atomic mass is 9.97. The topological polar surface area (TPSA) is 49.3 Å². The second-order valence-corrected chi connectivity index (χ2v) is 4.47. The van der Waals surface area contributed by atoms with Crippen LogP contribution in [-0.2, 0) is 5.66 Å². The summed E-state index contributed by atoms with van der Waals surface area (Å²) in [5.74, 6) is 0. The van der Waals surface area contributed by atoms with Crippen LogP contribution in [0.5, 0.6) is 0 Å². The van der Waals surface area contributed by atoms with E-state index in [1.807, 2.05) is 31.2 Å². The second-order valence-electron chi connectivity index (χ2n) is 4.24. The van der Waals surface area contributed by atoms with Gasteiger partial charge in [0, 0.05) is 22.0 Å². The van der Waals surface area contributed by atoms with Crippen LogP contribution in [0, 0.1) is 6.92 Å². The normalized spacial score (nSPS) is 22.1. The lowest BCUT2D eigenvalue weighted by molar-refractivity contribution is 0.501. The molecular formula is C13H12N4S. The third-order valence-electron chi connectivity index (χ3n) is 3.05. The van der Waals surface area contributed by atoms with Crippen LogP contribution in [0.15, 0.2) is 35.3 Å². The minimum absolute atomic E-state index is 0.689. The minimum Gasteiger partial charge on any atom is -0.309 e. The van der Waals surface area contributed by atoms with Gasteiger partial charge in [-0.2, -0.15) is 0 Å². The van der Waals surface area contributed by atoms with Crippen LogP contribution in [0.4, 0.5) is 0 Å². The summed E-state index contributed by atoms with van der Waals surface area (Å²) < 4.78 is 0. The van der Waals surface area contributed by atoms with Gasteiger partial charge in [0.25, 0.3) is 0 Å². The molecule has 3 rings (SSSR count). The average molecular weight is 256 g/mol. The molecule has 0 aliphatic carbocycles. The second kappa shape index (κ2) is 4.12. The molecule has 4 nitrogen and oxygen atoms in total. The summed E-state index contributed by atoms with van der Waals surface area (Å²) in [6, 6.07) is 10.0. The first-order chi connectivity index (χ1) is 8.75. The van der Waals surface area contributed by atoms with Crippen molar-refractivity contribution in [2.24, 2.45) is 4.99 Å². The van der Waals surface area contributed by atoms with Crippen LogP contribution >= 0.6 is 12.2 Å². The van der Waals surface area contributed by atoms with E-state index < -0.39 is 5.66 Å². The van der Waals surface area contributed by atoms with Gasteiger partial charge in [0.05, 0.1) is 11.9 Å².